The topological polar surface area (TPSA) is 90.7 Å². The molecule has 0 spiro atoms. The zero-order valence-electron chi connectivity index (χ0n) is 13.0. The molecule has 1 fully saturated rings. The Balaban J connectivity index is 1.86. The third-order valence-electron chi connectivity index (χ3n) is 3.50. The zero-order valence-corrected chi connectivity index (χ0v) is 14.6. The van der Waals surface area contributed by atoms with Crippen molar-refractivity contribution in [3.63, 3.8) is 0 Å². The first-order chi connectivity index (χ1) is 12.4. The van der Waals surface area contributed by atoms with Crippen LogP contribution in [0.5, 0.6) is 0 Å². The van der Waals surface area contributed by atoms with Crippen molar-refractivity contribution in [3.05, 3.63) is 51.6 Å². The Morgan fingerprint density at radius 2 is 2.12 bits per heavy atom. The van der Waals surface area contributed by atoms with Gasteiger partial charge in [-0.1, -0.05) is 29.7 Å². The number of rotatable bonds is 4. The quantitative estimate of drug-likeness (QED) is 0.592. The van der Waals surface area contributed by atoms with Gasteiger partial charge in [-0.25, -0.2) is 0 Å². The van der Waals surface area contributed by atoms with Crippen molar-refractivity contribution in [1.82, 2.24) is 4.90 Å². The lowest BCUT2D eigenvalue weighted by Gasteiger charge is -2.06. The van der Waals surface area contributed by atoms with Crippen molar-refractivity contribution in [3.8, 4) is 23.7 Å². The molecule has 3 rings (SSSR count). The van der Waals surface area contributed by atoms with Gasteiger partial charge in [0.1, 0.15) is 11.5 Å². The predicted octanol–water partition coefficient (Wildman–Crippen LogP) is 2.63. The third-order valence-corrected chi connectivity index (χ3v) is 4.72. The van der Waals surface area contributed by atoms with Gasteiger partial charge in [-0.15, -0.1) is 6.42 Å². The van der Waals surface area contributed by atoms with Crippen LogP contribution in [0.4, 0.5) is 4.79 Å². The molecule has 0 saturated carbocycles. The van der Waals surface area contributed by atoms with Crippen LogP contribution in [0.2, 0.25) is 5.02 Å². The highest BCUT2D eigenvalue weighted by molar-refractivity contribution is 8.18. The van der Waals surface area contributed by atoms with Crippen LogP contribution in [-0.2, 0) is 4.79 Å². The Morgan fingerprint density at radius 1 is 1.35 bits per heavy atom. The molecule has 26 heavy (non-hydrogen) atoms. The average molecular weight is 387 g/mol. The van der Waals surface area contributed by atoms with E-state index >= 15 is 0 Å². The molecule has 1 aliphatic rings. The number of imide groups is 1. The van der Waals surface area contributed by atoms with Crippen LogP contribution >= 0.6 is 23.4 Å². The molecule has 2 amide bonds. The molecule has 130 valence electrons. The molecule has 1 aromatic carbocycles. The molecule has 2 heterocycles. The second kappa shape index (κ2) is 7.12. The summed E-state index contributed by atoms with van der Waals surface area (Å²) in [6, 6.07) is 7.55. The van der Waals surface area contributed by atoms with Gasteiger partial charge < -0.3 is 14.3 Å². The molecule has 0 radical (unpaired) electrons. The van der Waals surface area contributed by atoms with Gasteiger partial charge in [0, 0.05) is 17.2 Å². The fraction of sp³-hybridized carbons (Fsp3) is 0.0556. The molecule has 6 nitrogen and oxygen atoms in total. The van der Waals surface area contributed by atoms with E-state index in [0.29, 0.717) is 17.1 Å². The molecule has 0 atom stereocenters. The van der Waals surface area contributed by atoms with Gasteiger partial charge in [0.2, 0.25) is 0 Å². The zero-order chi connectivity index (χ0) is 18.8. The number of halogens is 1. The maximum absolute atomic E-state index is 12.1. The van der Waals surface area contributed by atoms with E-state index in [1.165, 1.54) is 24.3 Å². The van der Waals surface area contributed by atoms with E-state index in [0.717, 1.165) is 16.7 Å². The summed E-state index contributed by atoms with van der Waals surface area (Å²) in [7, 11) is 0. The van der Waals surface area contributed by atoms with Crippen LogP contribution in [0.15, 0.2) is 39.7 Å². The number of aromatic carboxylic acids is 1. The Kier molecular flexibility index (Phi) is 4.89. The SMILES string of the molecule is C#CCN1C(=O)S/C(=C/c2ccc(-c3ccc(C(=O)[O-])c(Cl)c3)o2)C1=O. The summed E-state index contributed by atoms with van der Waals surface area (Å²) < 4.78 is 5.63. The smallest absolute Gasteiger partial charge is 0.294 e. The van der Waals surface area contributed by atoms with Crippen molar-refractivity contribution >= 4 is 46.6 Å². The van der Waals surface area contributed by atoms with Crippen LogP contribution in [-0.4, -0.2) is 28.6 Å². The first-order valence-electron chi connectivity index (χ1n) is 7.20. The summed E-state index contributed by atoms with van der Waals surface area (Å²) in [5.74, 6) is 1.19. The van der Waals surface area contributed by atoms with Gasteiger partial charge in [-0.3, -0.25) is 14.5 Å². The highest BCUT2D eigenvalue weighted by Crippen LogP contribution is 2.33. The predicted molar refractivity (Wildman–Crippen MR) is 95.0 cm³/mol. The Morgan fingerprint density at radius 3 is 2.77 bits per heavy atom. The maximum atomic E-state index is 12.1. The number of furan rings is 1. The molecule has 1 aliphatic heterocycles. The van der Waals surface area contributed by atoms with Crippen LogP contribution in [0.25, 0.3) is 17.4 Å². The summed E-state index contributed by atoms with van der Waals surface area (Å²) in [5.41, 5.74) is 0.435. The van der Waals surface area contributed by atoms with E-state index in [1.807, 2.05) is 0 Å². The van der Waals surface area contributed by atoms with Crippen molar-refractivity contribution < 1.29 is 23.9 Å². The minimum absolute atomic E-state index is 0.0239. The van der Waals surface area contributed by atoms with E-state index in [-0.39, 0.29) is 22.0 Å². The van der Waals surface area contributed by atoms with Crippen molar-refractivity contribution in [1.29, 1.82) is 0 Å². The lowest BCUT2D eigenvalue weighted by molar-refractivity contribution is -0.255. The summed E-state index contributed by atoms with van der Waals surface area (Å²) in [6.07, 6.45) is 6.59. The number of terminal acetylenes is 1. The van der Waals surface area contributed by atoms with E-state index in [9.17, 15) is 19.5 Å². The Bertz CT molecular complexity index is 1000. The minimum atomic E-state index is -1.37. The lowest BCUT2D eigenvalue weighted by atomic mass is 10.1. The third kappa shape index (κ3) is 3.38. The lowest BCUT2D eigenvalue weighted by Crippen LogP contribution is -2.28. The number of amides is 2. The normalized spacial score (nSPS) is 15.5. The number of nitrogens with zero attached hydrogens (tertiary/aromatic N) is 1. The number of carbonyl (C=O) groups is 3. The molecule has 0 N–H and O–H groups in total. The number of thioether (sulfide) groups is 1. The van der Waals surface area contributed by atoms with Gasteiger partial charge in [0.05, 0.1) is 22.4 Å². The fourth-order valence-electron chi connectivity index (χ4n) is 2.28. The molecule has 1 saturated heterocycles. The Labute approximate surface area is 157 Å². The largest absolute Gasteiger partial charge is 0.545 e. The maximum Gasteiger partial charge on any atom is 0.294 e. The number of carboxylic acids is 1. The molecule has 8 heteroatoms. The molecule has 1 aromatic heterocycles. The molecule has 0 unspecified atom stereocenters. The molecular weight excluding hydrogens is 378 g/mol. The number of benzene rings is 1. The van der Waals surface area contributed by atoms with Gasteiger partial charge >= 0.3 is 0 Å². The fourth-order valence-corrected chi connectivity index (χ4v) is 3.35. The number of hydrogen-bond acceptors (Lipinski definition) is 6. The summed E-state index contributed by atoms with van der Waals surface area (Å²) in [4.78, 5) is 36.0. The second-order valence-electron chi connectivity index (χ2n) is 5.16. The van der Waals surface area contributed by atoms with Crippen molar-refractivity contribution in [2.75, 3.05) is 6.54 Å². The van der Waals surface area contributed by atoms with Crippen molar-refractivity contribution in [2.45, 2.75) is 0 Å². The van der Waals surface area contributed by atoms with E-state index < -0.39 is 17.1 Å². The highest BCUT2D eigenvalue weighted by atomic mass is 35.5. The number of hydrogen-bond donors (Lipinski definition) is 0. The Hall–Kier alpha value is -2.95. The number of carbonyl (C=O) groups excluding carboxylic acids is 3. The molecule has 2 aromatic rings. The standard InChI is InChI=1S/C18H10ClNO5S/c1-2-7-20-16(21)15(26-18(20)24)9-11-4-6-14(25-11)10-3-5-12(17(22)23)13(19)8-10/h1,3-6,8-9H,7H2,(H,22,23)/p-1/b15-9+. The molecule has 0 bridgehead atoms. The van der Waals surface area contributed by atoms with Crippen LogP contribution in [0.3, 0.4) is 0 Å². The van der Waals surface area contributed by atoms with E-state index in [4.69, 9.17) is 22.4 Å². The summed E-state index contributed by atoms with van der Waals surface area (Å²) in [5, 5.41) is 10.5. The van der Waals surface area contributed by atoms with Gasteiger partial charge in [-0.2, -0.15) is 0 Å². The van der Waals surface area contributed by atoms with E-state index in [1.54, 1.807) is 12.1 Å². The van der Waals surface area contributed by atoms with Gasteiger partial charge in [0.15, 0.2) is 0 Å². The van der Waals surface area contributed by atoms with E-state index in [2.05, 4.69) is 5.92 Å². The van der Waals surface area contributed by atoms with Crippen molar-refractivity contribution in [2.24, 2.45) is 0 Å². The molecular formula is C18H9ClNO5S-. The minimum Gasteiger partial charge on any atom is -0.545 e. The summed E-state index contributed by atoms with van der Waals surface area (Å²) in [6.45, 7) is -0.0886. The monoisotopic (exact) mass is 386 g/mol. The van der Waals surface area contributed by atoms with Crippen LogP contribution in [0.1, 0.15) is 16.1 Å². The number of carboxylic acid groups (broad SMARTS) is 1. The average Bonchev–Trinajstić information content (AvgIpc) is 3.15. The first kappa shape index (κ1) is 17.9. The van der Waals surface area contributed by atoms with Crippen LogP contribution < -0.4 is 5.11 Å². The summed E-state index contributed by atoms with van der Waals surface area (Å²) >= 11 is 6.70. The first-order valence-corrected chi connectivity index (χ1v) is 8.40. The second-order valence-corrected chi connectivity index (χ2v) is 6.56. The molecule has 0 aliphatic carbocycles. The van der Waals surface area contributed by atoms with Crippen LogP contribution in [0, 0.1) is 12.3 Å². The van der Waals surface area contributed by atoms with Gasteiger partial charge in [-0.05, 0) is 30.0 Å². The van der Waals surface area contributed by atoms with Gasteiger partial charge in [0.25, 0.3) is 11.1 Å². The highest BCUT2D eigenvalue weighted by Gasteiger charge is 2.34.